The maximum Gasteiger partial charge on any atom is 0.168 e. The van der Waals surface area contributed by atoms with Crippen LogP contribution in [0.1, 0.15) is 36.7 Å². The van der Waals surface area contributed by atoms with E-state index in [-0.39, 0.29) is 11.2 Å². The van der Waals surface area contributed by atoms with Crippen LogP contribution >= 0.6 is 0 Å². The highest BCUT2D eigenvalue weighted by atomic mass is 16.1. The highest BCUT2D eigenvalue weighted by Gasteiger charge is 2.22. The van der Waals surface area contributed by atoms with E-state index < -0.39 is 0 Å². The van der Waals surface area contributed by atoms with Crippen molar-refractivity contribution in [1.29, 1.82) is 0 Å². The Labute approximate surface area is 79.8 Å². The van der Waals surface area contributed by atoms with Gasteiger partial charge < -0.3 is 0 Å². The van der Waals surface area contributed by atoms with E-state index in [1.54, 1.807) is 0 Å². The molecule has 1 heteroatoms. The summed E-state index contributed by atoms with van der Waals surface area (Å²) in [5, 5.41) is 0. The van der Waals surface area contributed by atoms with Crippen LogP contribution in [-0.2, 0) is 0 Å². The molecule has 1 rings (SSSR count). The second-order valence-corrected chi connectivity index (χ2v) is 4.28. The second kappa shape index (κ2) is 3.33. The van der Waals surface area contributed by atoms with Crippen molar-refractivity contribution in [2.24, 2.45) is 5.41 Å². The molecule has 13 heavy (non-hydrogen) atoms. The predicted octanol–water partition coefficient (Wildman–Crippen LogP) is 3.10. The maximum absolute atomic E-state index is 11.8. The Morgan fingerprint density at radius 2 is 1.92 bits per heavy atom. The maximum atomic E-state index is 11.8. The molecule has 0 heterocycles. The normalized spacial score (nSPS) is 11.4. The highest BCUT2D eigenvalue weighted by Crippen LogP contribution is 2.20. The molecule has 0 saturated heterocycles. The summed E-state index contributed by atoms with van der Waals surface area (Å²) in [6, 6.07) is 7.41. The van der Waals surface area contributed by atoms with E-state index in [9.17, 15) is 4.79 Å². The van der Waals surface area contributed by atoms with E-state index in [2.05, 4.69) is 6.92 Å². The van der Waals surface area contributed by atoms with E-state index in [0.29, 0.717) is 0 Å². The van der Waals surface area contributed by atoms with Gasteiger partial charge in [0.15, 0.2) is 5.78 Å². The Balaban J connectivity index is 3.03. The second-order valence-electron chi connectivity index (χ2n) is 4.28. The fraction of sp³-hybridized carbons (Fsp3) is 0.333. The van der Waals surface area contributed by atoms with Crippen LogP contribution in [0, 0.1) is 12.3 Å². The van der Waals surface area contributed by atoms with Crippen LogP contribution < -0.4 is 0 Å². The van der Waals surface area contributed by atoms with Gasteiger partial charge in [-0.1, -0.05) is 39.0 Å². The minimum atomic E-state index is -0.312. The zero-order valence-corrected chi connectivity index (χ0v) is 8.42. The first-order valence-corrected chi connectivity index (χ1v) is 4.38. The quantitative estimate of drug-likeness (QED) is 0.599. The molecule has 0 aromatic heterocycles. The van der Waals surface area contributed by atoms with Gasteiger partial charge in [-0.25, -0.2) is 0 Å². The molecule has 0 aliphatic carbocycles. The van der Waals surface area contributed by atoms with Crippen LogP contribution in [0.5, 0.6) is 0 Å². The molecular formula is C12H15O. The largest absolute Gasteiger partial charge is 0.294 e. The number of hydrogen-bond acceptors (Lipinski definition) is 1. The standard InChI is InChI=1S/C12H15O/c1-9-6-5-7-10(8-9)11(13)12(2,3)4/h5-8H,1H2,2-4H3. The third-order valence-electron chi connectivity index (χ3n) is 1.87. The van der Waals surface area contributed by atoms with E-state index in [1.165, 1.54) is 0 Å². The number of ketones is 1. The minimum Gasteiger partial charge on any atom is -0.294 e. The summed E-state index contributed by atoms with van der Waals surface area (Å²) in [6.45, 7) is 9.56. The van der Waals surface area contributed by atoms with Gasteiger partial charge in [-0.05, 0) is 18.6 Å². The zero-order valence-electron chi connectivity index (χ0n) is 8.42. The third kappa shape index (κ3) is 2.41. The van der Waals surface area contributed by atoms with Crippen molar-refractivity contribution in [1.82, 2.24) is 0 Å². The highest BCUT2D eigenvalue weighted by molar-refractivity contribution is 5.99. The lowest BCUT2D eigenvalue weighted by molar-refractivity contribution is 0.0858. The lowest BCUT2D eigenvalue weighted by Gasteiger charge is -2.16. The molecular weight excluding hydrogens is 160 g/mol. The van der Waals surface area contributed by atoms with Crippen molar-refractivity contribution in [3.05, 3.63) is 42.3 Å². The van der Waals surface area contributed by atoms with Crippen LogP contribution in [0.15, 0.2) is 24.3 Å². The van der Waals surface area contributed by atoms with E-state index in [1.807, 2.05) is 45.0 Å². The number of carbonyl (C=O) groups excluding carboxylic acids is 1. The Morgan fingerprint density at radius 1 is 1.31 bits per heavy atom. The lowest BCUT2D eigenvalue weighted by atomic mass is 9.86. The fourth-order valence-corrected chi connectivity index (χ4v) is 1.15. The van der Waals surface area contributed by atoms with Crippen LogP contribution in [0.2, 0.25) is 0 Å². The molecule has 0 N–H and O–H groups in total. The van der Waals surface area contributed by atoms with Gasteiger partial charge in [0.25, 0.3) is 0 Å². The van der Waals surface area contributed by atoms with Gasteiger partial charge in [-0.2, -0.15) is 0 Å². The Morgan fingerprint density at radius 3 is 2.38 bits per heavy atom. The summed E-state index contributed by atoms with van der Waals surface area (Å²) in [6.07, 6.45) is 0. The van der Waals surface area contributed by atoms with Gasteiger partial charge in [0.05, 0.1) is 0 Å². The Hall–Kier alpha value is -1.11. The summed E-state index contributed by atoms with van der Waals surface area (Å²) >= 11 is 0. The van der Waals surface area contributed by atoms with Gasteiger partial charge in [-0.3, -0.25) is 4.79 Å². The molecule has 0 atom stereocenters. The number of Topliss-reactive ketones (excluding diaryl/α,β-unsaturated/α-hetero) is 1. The molecule has 1 nitrogen and oxygen atoms in total. The monoisotopic (exact) mass is 175 g/mol. The van der Waals surface area contributed by atoms with Gasteiger partial charge in [-0.15, -0.1) is 0 Å². The number of benzene rings is 1. The SMILES string of the molecule is [CH2]c1cccc(C(=O)C(C)(C)C)c1. The molecule has 0 spiro atoms. The number of carbonyl (C=O) groups is 1. The van der Waals surface area contributed by atoms with Crippen molar-refractivity contribution in [2.75, 3.05) is 0 Å². The molecule has 69 valence electrons. The van der Waals surface area contributed by atoms with Crippen molar-refractivity contribution in [2.45, 2.75) is 20.8 Å². The topological polar surface area (TPSA) is 17.1 Å². The van der Waals surface area contributed by atoms with Crippen LogP contribution in [0.25, 0.3) is 0 Å². The van der Waals surface area contributed by atoms with Gasteiger partial charge >= 0.3 is 0 Å². The van der Waals surface area contributed by atoms with Crippen LogP contribution in [-0.4, -0.2) is 5.78 Å². The molecule has 1 radical (unpaired) electrons. The van der Waals surface area contributed by atoms with E-state index in [4.69, 9.17) is 0 Å². The molecule has 0 saturated carbocycles. The summed E-state index contributed by atoms with van der Waals surface area (Å²) in [7, 11) is 0. The lowest BCUT2D eigenvalue weighted by Crippen LogP contribution is -2.20. The Kier molecular flexibility index (Phi) is 2.55. The Bertz CT molecular complexity index is 318. The summed E-state index contributed by atoms with van der Waals surface area (Å²) < 4.78 is 0. The average Bonchev–Trinajstić information content (AvgIpc) is 2.01. The third-order valence-corrected chi connectivity index (χ3v) is 1.87. The summed E-state index contributed by atoms with van der Waals surface area (Å²) in [5.41, 5.74) is 1.32. The molecule has 0 amide bonds. The number of hydrogen-bond donors (Lipinski definition) is 0. The summed E-state index contributed by atoms with van der Waals surface area (Å²) in [5.74, 6) is 0.165. The predicted molar refractivity (Wildman–Crippen MR) is 54.7 cm³/mol. The first-order valence-electron chi connectivity index (χ1n) is 4.38. The van der Waals surface area contributed by atoms with E-state index >= 15 is 0 Å². The molecule has 0 aliphatic rings. The summed E-state index contributed by atoms with van der Waals surface area (Å²) in [4.78, 5) is 11.8. The zero-order chi connectivity index (χ0) is 10.1. The van der Waals surface area contributed by atoms with E-state index in [0.717, 1.165) is 11.1 Å². The van der Waals surface area contributed by atoms with Gasteiger partial charge in [0, 0.05) is 11.0 Å². The number of rotatable bonds is 1. The van der Waals surface area contributed by atoms with Gasteiger partial charge in [0.2, 0.25) is 0 Å². The van der Waals surface area contributed by atoms with Crippen LogP contribution in [0.4, 0.5) is 0 Å². The molecule has 0 aliphatic heterocycles. The van der Waals surface area contributed by atoms with Crippen molar-refractivity contribution in [3.63, 3.8) is 0 Å². The molecule has 0 unspecified atom stereocenters. The smallest absolute Gasteiger partial charge is 0.168 e. The first kappa shape index (κ1) is 9.97. The van der Waals surface area contributed by atoms with Gasteiger partial charge in [0.1, 0.15) is 0 Å². The fourth-order valence-electron chi connectivity index (χ4n) is 1.15. The van der Waals surface area contributed by atoms with Crippen molar-refractivity contribution >= 4 is 5.78 Å². The molecule has 1 aromatic carbocycles. The molecule has 0 fully saturated rings. The molecule has 0 bridgehead atoms. The van der Waals surface area contributed by atoms with Crippen molar-refractivity contribution in [3.8, 4) is 0 Å². The molecule has 1 aromatic rings. The minimum absolute atomic E-state index is 0.165. The average molecular weight is 175 g/mol. The first-order chi connectivity index (χ1) is 5.91. The van der Waals surface area contributed by atoms with Crippen molar-refractivity contribution < 1.29 is 4.79 Å². The van der Waals surface area contributed by atoms with Crippen LogP contribution in [0.3, 0.4) is 0 Å².